The molecule has 0 bridgehead atoms. The largest absolute Gasteiger partial charge is 0.311 e. The minimum atomic E-state index is 0.725. The first kappa shape index (κ1) is 15.0. The zero-order valence-corrected chi connectivity index (χ0v) is 12.3. The molecule has 0 aromatic rings. The Labute approximate surface area is 108 Å². The third-order valence-corrected chi connectivity index (χ3v) is 4.05. The second-order valence-corrected chi connectivity index (χ2v) is 5.96. The van der Waals surface area contributed by atoms with Crippen molar-refractivity contribution in [1.82, 2.24) is 10.2 Å². The summed E-state index contributed by atoms with van der Waals surface area (Å²) >= 11 is 0. The predicted octanol–water partition coefficient (Wildman–Crippen LogP) is 3.28. The zero-order chi connectivity index (χ0) is 12.7. The van der Waals surface area contributed by atoms with Gasteiger partial charge in [-0.05, 0) is 31.7 Å². The van der Waals surface area contributed by atoms with E-state index in [0.29, 0.717) is 0 Å². The van der Waals surface area contributed by atoms with Gasteiger partial charge in [-0.2, -0.15) is 0 Å². The Balaban J connectivity index is 2.26. The van der Waals surface area contributed by atoms with Gasteiger partial charge in [0.1, 0.15) is 0 Å². The van der Waals surface area contributed by atoms with Crippen molar-refractivity contribution in [3.63, 3.8) is 0 Å². The molecule has 1 rings (SSSR count). The van der Waals surface area contributed by atoms with E-state index in [1.54, 1.807) is 0 Å². The molecule has 1 aliphatic heterocycles. The van der Waals surface area contributed by atoms with Gasteiger partial charge in [-0.15, -0.1) is 0 Å². The van der Waals surface area contributed by atoms with Crippen LogP contribution in [0.5, 0.6) is 0 Å². The zero-order valence-electron chi connectivity index (χ0n) is 12.3. The maximum atomic E-state index is 3.67. The van der Waals surface area contributed by atoms with Crippen molar-refractivity contribution in [2.45, 2.75) is 71.9 Å². The molecule has 2 nitrogen and oxygen atoms in total. The van der Waals surface area contributed by atoms with Crippen LogP contribution in [-0.2, 0) is 0 Å². The summed E-state index contributed by atoms with van der Waals surface area (Å²) in [6.07, 6.45) is 6.71. The van der Waals surface area contributed by atoms with Gasteiger partial charge in [0.05, 0.1) is 0 Å². The normalized spacial score (nSPS) is 26.6. The number of hydrogen-bond donors (Lipinski definition) is 1. The lowest BCUT2D eigenvalue weighted by Gasteiger charge is -2.40. The second-order valence-electron chi connectivity index (χ2n) is 5.96. The summed E-state index contributed by atoms with van der Waals surface area (Å²) in [5.41, 5.74) is 0. The number of piperazine rings is 1. The highest BCUT2D eigenvalue weighted by Gasteiger charge is 2.24. The van der Waals surface area contributed by atoms with Crippen LogP contribution in [0.3, 0.4) is 0 Å². The Morgan fingerprint density at radius 2 is 1.94 bits per heavy atom. The van der Waals surface area contributed by atoms with Crippen molar-refractivity contribution in [1.29, 1.82) is 0 Å². The van der Waals surface area contributed by atoms with Crippen molar-refractivity contribution in [3.8, 4) is 0 Å². The van der Waals surface area contributed by atoms with Gasteiger partial charge >= 0.3 is 0 Å². The van der Waals surface area contributed by atoms with Gasteiger partial charge in [0.2, 0.25) is 0 Å². The van der Waals surface area contributed by atoms with E-state index < -0.39 is 0 Å². The van der Waals surface area contributed by atoms with E-state index >= 15 is 0 Å². The predicted molar refractivity (Wildman–Crippen MR) is 76.4 cm³/mol. The molecule has 2 heteroatoms. The van der Waals surface area contributed by atoms with Crippen LogP contribution in [-0.4, -0.2) is 36.6 Å². The molecular weight excluding hydrogens is 208 g/mol. The third kappa shape index (κ3) is 5.39. The van der Waals surface area contributed by atoms with Crippen molar-refractivity contribution < 1.29 is 0 Å². The van der Waals surface area contributed by atoms with E-state index in [-0.39, 0.29) is 0 Å². The fourth-order valence-corrected chi connectivity index (χ4v) is 2.75. The van der Waals surface area contributed by atoms with Crippen molar-refractivity contribution >= 4 is 0 Å². The Bertz CT molecular complexity index is 191. The average molecular weight is 240 g/mol. The molecule has 1 fully saturated rings. The van der Waals surface area contributed by atoms with Gasteiger partial charge in [-0.3, -0.25) is 4.90 Å². The number of nitrogens with zero attached hydrogens (tertiary/aromatic N) is 1. The van der Waals surface area contributed by atoms with Crippen LogP contribution in [0.1, 0.15) is 59.8 Å². The molecule has 1 aliphatic rings. The standard InChI is InChI=1S/C15H32N2/c1-5-14-12-17(15(6-2)11-16-14)10-8-7-9-13(3)4/h13-16H,5-12H2,1-4H3. The lowest BCUT2D eigenvalue weighted by molar-refractivity contribution is 0.122. The van der Waals surface area contributed by atoms with E-state index in [1.807, 2.05) is 0 Å². The van der Waals surface area contributed by atoms with Crippen molar-refractivity contribution in [2.24, 2.45) is 5.92 Å². The van der Waals surface area contributed by atoms with E-state index in [2.05, 4.69) is 37.9 Å². The summed E-state index contributed by atoms with van der Waals surface area (Å²) in [5.74, 6) is 0.864. The molecule has 2 unspecified atom stereocenters. The molecule has 102 valence electrons. The summed E-state index contributed by atoms with van der Waals surface area (Å²) in [4.78, 5) is 2.73. The maximum Gasteiger partial charge on any atom is 0.0218 e. The molecule has 1 heterocycles. The second kappa shape index (κ2) is 8.10. The topological polar surface area (TPSA) is 15.3 Å². The van der Waals surface area contributed by atoms with Crippen LogP contribution in [0.15, 0.2) is 0 Å². The van der Waals surface area contributed by atoms with E-state index in [9.17, 15) is 0 Å². The lowest BCUT2D eigenvalue weighted by atomic mass is 10.0. The number of rotatable bonds is 7. The maximum absolute atomic E-state index is 3.67. The summed E-state index contributed by atoms with van der Waals surface area (Å²) in [6.45, 7) is 13.0. The fourth-order valence-electron chi connectivity index (χ4n) is 2.75. The molecule has 0 amide bonds. The first-order valence-electron chi connectivity index (χ1n) is 7.64. The molecule has 0 saturated carbocycles. The lowest BCUT2D eigenvalue weighted by Crippen LogP contribution is -2.56. The Hall–Kier alpha value is -0.0800. The Morgan fingerprint density at radius 3 is 2.53 bits per heavy atom. The Kier molecular flexibility index (Phi) is 7.14. The highest BCUT2D eigenvalue weighted by atomic mass is 15.2. The smallest absolute Gasteiger partial charge is 0.0218 e. The summed E-state index contributed by atoms with van der Waals surface area (Å²) in [7, 11) is 0. The monoisotopic (exact) mass is 240 g/mol. The number of nitrogens with one attached hydrogen (secondary N) is 1. The Morgan fingerprint density at radius 1 is 1.18 bits per heavy atom. The van der Waals surface area contributed by atoms with Crippen LogP contribution in [0.25, 0.3) is 0 Å². The van der Waals surface area contributed by atoms with E-state index in [0.717, 1.165) is 18.0 Å². The molecule has 0 spiro atoms. The molecule has 0 aliphatic carbocycles. The first-order valence-corrected chi connectivity index (χ1v) is 7.64. The molecule has 17 heavy (non-hydrogen) atoms. The van der Waals surface area contributed by atoms with Gasteiger partial charge in [-0.25, -0.2) is 0 Å². The van der Waals surface area contributed by atoms with Crippen LogP contribution >= 0.6 is 0 Å². The highest BCUT2D eigenvalue weighted by Crippen LogP contribution is 2.14. The van der Waals surface area contributed by atoms with Gasteiger partial charge in [0, 0.05) is 25.2 Å². The molecular formula is C15H32N2. The number of unbranched alkanes of at least 4 members (excludes halogenated alkanes) is 1. The van der Waals surface area contributed by atoms with E-state index in [4.69, 9.17) is 0 Å². The minimum absolute atomic E-state index is 0.725. The van der Waals surface area contributed by atoms with Gasteiger partial charge in [-0.1, -0.05) is 40.5 Å². The van der Waals surface area contributed by atoms with Crippen LogP contribution < -0.4 is 5.32 Å². The SMILES string of the molecule is CCC1CN(CCCCC(C)C)C(CC)CN1. The van der Waals surface area contributed by atoms with Gasteiger partial charge in [0.15, 0.2) is 0 Å². The molecule has 0 aromatic heterocycles. The molecule has 0 radical (unpaired) electrons. The summed E-state index contributed by atoms with van der Waals surface area (Å²) < 4.78 is 0. The summed E-state index contributed by atoms with van der Waals surface area (Å²) in [5, 5.41) is 3.67. The van der Waals surface area contributed by atoms with Crippen LogP contribution in [0.4, 0.5) is 0 Å². The quantitative estimate of drug-likeness (QED) is 0.687. The fraction of sp³-hybridized carbons (Fsp3) is 1.00. The van der Waals surface area contributed by atoms with E-state index in [1.165, 1.54) is 51.7 Å². The minimum Gasteiger partial charge on any atom is -0.311 e. The van der Waals surface area contributed by atoms with Crippen LogP contribution in [0, 0.1) is 5.92 Å². The molecule has 1 saturated heterocycles. The average Bonchev–Trinajstić information content (AvgIpc) is 2.34. The third-order valence-electron chi connectivity index (χ3n) is 4.05. The van der Waals surface area contributed by atoms with Gasteiger partial charge in [0.25, 0.3) is 0 Å². The van der Waals surface area contributed by atoms with Gasteiger partial charge < -0.3 is 5.32 Å². The van der Waals surface area contributed by atoms with Crippen molar-refractivity contribution in [3.05, 3.63) is 0 Å². The molecule has 1 N–H and O–H groups in total. The van der Waals surface area contributed by atoms with Crippen LogP contribution in [0.2, 0.25) is 0 Å². The number of hydrogen-bond acceptors (Lipinski definition) is 2. The molecule has 0 aromatic carbocycles. The molecule has 2 atom stereocenters. The summed E-state index contributed by atoms with van der Waals surface area (Å²) in [6, 6.07) is 1.50. The van der Waals surface area contributed by atoms with Crippen molar-refractivity contribution in [2.75, 3.05) is 19.6 Å². The first-order chi connectivity index (χ1) is 8.17. The highest BCUT2D eigenvalue weighted by molar-refractivity contribution is 4.84.